The predicted molar refractivity (Wildman–Crippen MR) is 79.3 cm³/mol. The van der Waals surface area contributed by atoms with Crippen LogP contribution in [0.4, 0.5) is 5.69 Å². The van der Waals surface area contributed by atoms with Gasteiger partial charge >= 0.3 is 0 Å². The van der Waals surface area contributed by atoms with Gasteiger partial charge in [-0.15, -0.1) is 12.4 Å². The molecule has 4 nitrogen and oxygen atoms in total. The number of methoxy groups -OCH3 is 1. The summed E-state index contributed by atoms with van der Waals surface area (Å²) in [5.41, 5.74) is 0.868. The third-order valence-electron chi connectivity index (χ3n) is 3.41. The van der Waals surface area contributed by atoms with Crippen LogP contribution in [0.1, 0.15) is 19.3 Å². The Morgan fingerprint density at radius 1 is 1.32 bits per heavy atom. The molecule has 0 unspecified atom stereocenters. The van der Waals surface area contributed by atoms with E-state index >= 15 is 0 Å². The molecule has 1 aromatic carbocycles. The third kappa shape index (κ3) is 3.39. The molecule has 1 aliphatic rings. The predicted octanol–water partition coefficient (Wildman–Crippen LogP) is 2.22. The first-order chi connectivity index (χ1) is 8.77. The van der Waals surface area contributed by atoms with Gasteiger partial charge < -0.3 is 15.0 Å². The van der Waals surface area contributed by atoms with Gasteiger partial charge in [-0.05, 0) is 38.4 Å². The SMILES string of the molecule is CN[C@H]1CCCCN(c2ccccc2OC)C1=O.Cl. The van der Waals surface area contributed by atoms with E-state index in [2.05, 4.69) is 5.32 Å². The van der Waals surface area contributed by atoms with Crippen molar-refractivity contribution in [3.05, 3.63) is 24.3 Å². The molecule has 0 saturated carbocycles. The van der Waals surface area contributed by atoms with Crippen LogP contribution in [0.5, 0.6) is 5.75 Å². The average molecular weight is 285 g/mol. The summed E-state index contributed by atoms with van der Waals surface area (Å²) in [4.78, 5) is 14.3. The van der Waals surface area contributed by atoms with Gasteiger partial charge in [0.1, 0.15) is 5.75 Å². The quantitative estimate of drug-likeness (QED) is 0.925. The fraction of sp³-hybridized carbons (Fsp3) is 0.500. The maximum atomic E-state index is 12.5. The van der Waals surface area contributed by atoms with Gasteiger partial charge in [0.2, 0.25) is 5.91 Å². The topological polar surface area (TPSA) is 41.6 Å². The fourth-order valence-electron chi connectivity index (χ4n) is 2.40. The summed E-state index contributed by atoms with van der Waals surface area (Å²) in [6.45, 7) is 0.761. The van der Waals surface area contributed by atoms with E-state index in [-0.39, 0.29) is 24.4 Å². The second-order valence-electron chi connectivity index (χ2n) is 4.50. The van der Waals surface area contributed by atoms with Crippen LogP contribution in [0.3, 0.4) is 0 Å². The Labute approximate surface area is 120 Å². The summed E-state index contributed by atoms with van der Waals surface area (Å²) >= 11 is 0. The van der Waals surface area contributed by atoms with Gasteiger partial charge in [-0.2, -0.15) is 0 Å². The fourth-order valence-corrected chi connectivity index (χ4v) is 2.40. The van der Waals surface area contributed by atoms with Crippen LogP contribution in [0.25, 0.3) is 0 Å². The van der Waals surface area contributed by atoms with Crippen molar-refractivity contribution in [2.24, 2.45) is 0 Å². The second-order valence-corrected chi connectivity index (χ2v) is 4.50. The van der Waals surface area contributed by atoms with Crippen LogP contribution in [0.2, 0.25) is 0 Å². The van der Waals surface area contributed by atoms with Gasteiger partial charge in [0.15, 0.2) is 0 Å². The Morgan fingerprint density at radius 3 is 2.74 bits per heavy atom. The molecule has 1 saturated heterocycles. The van der Waals surface area contributed by atoms with Gasteiger partial charge in [0.05, 0.1) is 18.8 Å². The standard InChI is InChI=1S/C14H20N2O2.ClH/c1-15-11-7-5-6-10-16(14(11)17)12-8-3-4-9-13(12)18-2;/h3-4,8-9,11,15H,5-7,10H2,1-2H3;1H/t11-;/m0./s1. The second kappa shape index (κ2) is 7.36. The molecule has 0 aromatic heterocycles. The highest BCUT2D eigenvalue weighted by atomic mass is 35.5. The molecule has 1 heterocycles. The van der Waals surface area contributed by atoms with Crippen molar-refractivity contribution in [2.45, 2.75) is 25.3 Å². The Morgan fingerprint density at radius 2 is 2.05 bits per heavy atom. The molecule has 5 heteroatoms. The van der Waals surface area contributed by atoms with Gasteiger partial charge in [0, 0.05) is 6.54 Å². The first-order valence-corrected chi connectivity index (χ1v) is 6.39. The molecule has 0 aliphatic carbocycles. The summed E-state index contributed by atoms with van der Waals surface area (Å²) in [5, 5.41) is 3.10. The molecule has 0 radical (unpaired) electrons. The number of hydrogen-bond donors (Lipinski definition) is 1. The number of nitrogens with one attached hydrogen (secondary N) is 1. The van der Waals surface area contributed by atoms with Crippen LogP contribution in [-0.4, -0.2) is 32.7 Å². The van der Waals surface area contributed by atoms with Gasteiger partial charge in [-0.3, -0.25) is 4.79 Å². The van der Waals surface area contributed by atoms with E-state index in [1.165, 1.54) is 0 Å². The van der Waals surface area contributed by atoms with E-state index in [9.17, 15) is 4.79 Å². The lowest BCUT2D eigenvalue weighted by Crippen LogP contribution is -2.44. The van der Waals surface area contributed by atoms with Crippen molar-refractivity contribution in [2.75, 3.05) is 25.6 Å². The Hall–Kier alpha value is -1.26. The van der Waals surface area contributed by atoms with Crippen LogP contribution < -0.4 is 15.0 Å². The lowest BCUT2D eigenvalue weighted by Gasteiger charge is -2.25. The van der Waals surface area contributed by atoms with Gasteiger partial charge in [-0.25, -0.2) is 0 Å². The molecular weight excluding hydrogens is 264 g/mol. The van der Waals surface area contributed by atoms with E-state index in [1.54, 1.807) is 7.11 Å². The summed E-state index contributed by atoms with van der Waals surface area (Å²) in [7, 11) is 3.48. The zero-order valence-corrected chi connectivity index (χ0v) is 12.2. The molecule has 1 atom stereocenters. The van der Waals surface area contributed by atoms with E-state index < -0.39 is 0 Å². The lowest BCUT2D eigenvalue weighted by molar-refractivity contribution is -0.120. The number of benzene rings is 1. The minimum absolute atomic E-state index is 0. The van der Waals surface area contributed by atoms with Crippen molar-refractivity contribution in [3.63, 3.8) is 0 Å². The Kier molecular flexibility index (Phi) is 6.12. The monoisotopic (exact) mass is 284 g/mol. The molecule has 1 amide bonds. The number of para-hydroxylation sites is 2. The summed E-state index contributed by atoms with van der Waals surface area (Å²) in [5.74, 6) is 0.891. The minimum atomic E-state index is -0.0857. The molecule has 0 spiro atoms. The van der Waals surface area contributed by atoms with Crippen LogP contribution in [-0.2, 0) is 4.79 Å². The van der Waals surface area contributed by atoms with E-state index in [4.69, 9.17) is 4.74 Å². The normalized spacial score (nSPS) is 19.6. The number of anilines is 1. The molecule has 1 N–H and O–H groups in total. The number of carbonyl (C=O) groups is 1. The number of rotatable bonds is 3. The van der Waals surface area contributed by atoms with E-state index in [0.29, 0.717) is 0 Å². The van der Waals surface area contributed by atoms with Crippen molar-refractivity contribution in [1.82, 2.24) is 5.32 Å². The van der Waals surface area contributed by atoms with Crippen molar-refractivity contribution < 1.29 is 9.53 Å². The maximum absolute atomic E-state index is 12.5. The van der Waals surface area contributed by atoms with Crippen LogP contribution in [0, 0.1) is 0 Å². The number of carbonyl (C=O) groups excluding carboxylic acids is 1. The zero-order valence-electron chi connectivity index (χ0n) is 11.4. The van der Waals surface area contributed by atoms with Gasteiger partial charge in [-0.1, -0.05) is 12.1 Å². The molecule has 106 valence electrons. The summed E-state index contributed by atoms with van der Waals surface area (Å²) in [6, 6.07) is 7.60. The van der Waals surface area contributed by atoms with Gasteiger partial charge in [0.25, 0.3) is 0 Å². The van der Waals surface area contributed by atoms with E-state index in [0.717, 1.165) is 37.2 Å². The first-order valence-electron chi connectivity index (χ1n) is 6.39. The smallest absolute Gasteiger partial charge is 0.244 e. The molecule has 2 rings (SSSR count). The molecule has 1 fully saturated rings. The zero-order chi connectivity index (χ0) is 13.0. The average Bonchev–Trinajstić information content (AvgIpc) is 2.60. The third-order valence-corrected chi connectivity index (χ3v) is 3.41. The van der Waals surface area contributed by atoms with Crippen molar-refractivity contribution in [1.29, 1.82) is 0 Å². The summed E-state index contributed by atoms with van der Waals surface area (Å²) in [6.07, 6.45) is 3.01. The molecular formula is C14H21ClN2O2. The molecule has 1 aliphatic heterocycles. The van der Waals surface area contributed by atoms with Crippen LogP contribution in [0.15, 0.2) is 24.3 Å². The first kappa shape index (κ1) is 15.8. The Bertz CT molecular complexity index is 426. The largest absolute Gasteiger partial charge is 0.495 e. The number of ether oxygens (including phenoxy) is 1. The minimum Gasteiger partial charge on any atom is -0.495 e. The number of nitrogens with zero attached hydrogens (tertiary/aromatic N) is 1. The Balaban J connectivity index is 0.00000180. The lowest BCUT2D eigenvalue weighted by atomic mass is 10.1. The maximum Gasteiger partial charge on any atom is 0.244 e. The molecule has 0 bridgehead atoms. The number of hydrogen-bond acceptors (Lipinski definition) is 3. The van der Waals surface area contributed by atoms with Crippen LogP contribution >= 0.6 is 12.4 Å². The molecule has 1 aromatic rings. The van der Waals surface area contributed by atoms with E-state index in [1.807, 2.05) is 36.2 Å². The molecule has 19 heavy (non-hydrogen) atoms. The summed E-state index contributed by atoms with van der Waals surface area (Å²) < 4.78 is 5.34. The highest BCUT2D eigenvalue weighted by Gasteiger charge is 2.28. The van der Waals surface area contributed by atoms with Crippen molar-refractivity contribution in [3.8, 4) is 5.75 Å². The highest BCUT2D eigenvalue weighted by Crippen LogP contribution is 2.30. The number of halogens is 1. The number of likely N-dealkylation sites (N-methyl/N-ethyl adjacent to an activating group) is 1. The van der Waals surface area contributed by atoms with Crippen molar-refractivity contribution >= 4 is 24.0 Å². The number of amides is 1. The highest BCUT2D eigenvalue weighted by molar-refractivity contribution is 5.98.